The minimum Gasteiger partial charge on any atom is -0.325 e. The third-order valence-electron chi connectivity index (χ3n) is 1.75. The second kappa shape index (κ2) is 6.71. The van der Waals surface area contributed by atoms with Gasteiger partial charge in [0.1, 0.15) is 0 Å². The zero-order valence-electron chi connectivity index (χ0n) is 8.69. The van der Waals surface area contributed by atoms with Crippen LogP contribution in [0.3, 0.4) is 0 Å². The average molecular weight is 247 g/mol. The fraction of sp³-hybridized carbons (Fsp3) is 0.300. The lowest BCUT2D eigenvalue weighted by molar-refractivity contribution is -0.117. The van der Waals surface area contributed by atoms with Gasteiger partial charge in [-0.25, -0.2) is 0 Å². The fourth-order valence-electron chi connectivity index (χ4n) is 0.957. The van der Waals surface area contributed by atoms with Gasteiger partial charge in [0.15, 0.2) is 0 Å². The number of anilines is 1. The van der Waals surface area contributed by atoms with Crippen molar-refractivity contribution in [2.45, 2.75) is 17.9 Å². The Morgan fingerprint density at radius 3 is 2.73 bits per heavy atom. The highest BCUT2D eigenvalue weighted by molar-refractivity contribution is 7.98. The molecule has 0 saturated carbocycles. The molecule has 15 heavy (non-hydrogen) atoms. The molecule has 1 rings (SSSR count). The number of rotatable bonds is 3. The molecule has 0 aliphatic heterocycles. The van der Waals surface area contributed by atoms with Crippen LogP contribution in [0, 0.1) is 0 Å². The predicted molar refractivity (Wildman–Crippen MR) is 67.8 cm³/mol. The Morgan fingerprint density at radius 1 is 1.53 bits per heavy atom. The number of carbonyl (C=O) groups excluding carboxylic acids is 1. The fourth-order valence-corrected chi connectivity index (χ4v) is 1.42. The predicted octanol–water partition coefficient (Wildman–Crippen LogP) is 2.12. The van der Waals surface area contributed by atoms with Gasteiger partial charge in [-0.15, -0.1) is 24.2 Å². The van der Waals surface area contributed by atoms with E-state index in [0.717, 1.165) is 10.6 Å². The van der Waals surface area contributed by atoms with Crippen molar-refractivity contribution < 1.29 is 4.79 Å². The van der Waals surface area contributed by atoms with E-state index in [1.165, 1.54) is 0 Å². The number of halogens is 1. The summed E-state index contributed by atoms with van der Waals surface area (Å²) in [6.07, 6.45) is 1.99. The lowest BCUT2D eigenvalue weighted by Crippen LogP contribution is -2.32. The largest absolute Gasteiger partial charge is 0.325 e. The van der Waals surface area contributed by atoms with Crippen molar-refractivity contribution >= 4 is 35.8 Å². The zero-order chi connectivity index (χ0) is 10.6. The Bertz CT molecular complexity index is 331. The highest BCUT2D eigenvalue weighted by Crippen LogP contribution is 2.18. The lowest BCUT2D eigenvalue weighted by Gasteiger charge is -2.08. The number of hydrogen-bond donors (Lipinski definition) is 2. The highest BCUT2D eigenvalue weighted by atomic mass is 35.5. The number of hydrogen-bond acceptors (Lipinski definition) is 3. The van der Waals surface area contributed by atoms with Crippen LogP contribution in [0.1, 0.15) is 6.92 Å². The zero-order valence-corrected chi connectivity index (χ0v) is 10.3. The summed E-state index contributed by atoms with van der Waals surface area (Å²) in [5, 5.41) is 2.74. The number of thioether (sulfide) groups is 1. The second-order valence-electron chi connectivity index (χ2n) is 3.01. The van der Waals surface area contributed by atoms with E-state index < -0.39 is 6.04 Å². The molecule has 84 valence electrons. The van der Waals surface area contributed by atoms with E-state index in [2.05, 4.69) is 5.32 Å². The van der Waals surface area contributed by atoms with Crippen LogP contribution in [0.5, 0.6) is 0 Å². The van der Waals surface area contributed by atoms with Gasteiger partial charge in [-0.1, -0.05) is 6.07 Å². The average Bonchev–Trinajstić information content (AvgIpc) is 2.18. The number of nitrogens with two attached hydrogens (primary N) is 1. The summed E-state index contributed by atoms with van der Waals surface area (Å²) in [6, 6.07) is 7.19. The summed E-state index contributed by atoms with van der Waals surface area (Å²) in [4.78, 5) is 12.4. The lowest BCUT2D eigenvalue weighted by atomic mass is 10.3. The molecule has 0 bridgehead atoms. The van der Waals surface area contributed by atoms with Crippen LogP contribution in [0.4, 0.5) is 5.69 Å². The summed E-state index contributed by atoms with van der Waals surface area (Å²) < 4.78 is 0. The van der Waals surface area contributed by atoms with Gasteiger partial charge in [-0.2, -0.15) is 0 Å². The third kappa shape index (κ3) is 4.55. The number of benzene rings is 1. The summed E-state index contributed by atoms with van der Waals surface area (Å²) in [7, 11) is 0. The summed E-state index contributed by atoms with van der Waals surface area (Å²) in [5.74, 6) is -0.164. The van der Waals surface area contributed by atoms with Crippen LogP contribution >= 0.6 is 24.2 Å². The second-order valence-corrected chi connectivity index (χ2v) is 3.89. The van der Waals surface area contributed by atoms with E-state index >= 15 is 0 Å². The summed E-state index contributed by atoms with van der Waals surface area (Å²) in [6.45, 7) is 1.66. The van der Waals surface area contributed by atoms with E-state index in [1.807, 2.05) is 30.5 Å². The molecule has 1 atom stereocenters. The van der Waals surface area contributed by atoms with E-state index in [0.29, 0.717) is 0 Å². The van der Waals surface area contributed by atoms with E-state index in [4.69, 9.17) is 5.73 Å². The van der Waals surface area contributed by atoms with Gasteiger partial charge in [0.2, 0.25) is 5.91 Å². The highest BCUT2D eigenvalue weighted by Gasteiger charge is 2.06. The first kappa shape index (κ1) is 14.3. The molecule has 0 aromatic heterocycles. The Labute approximate surface area is 100 Å². The van der Waals surface area contributed by atoms with Crippen molar-refractivity contribution in [3.05, 3.63) is 24.3 Å². The molecule has 1 aromatic carbocycles. The first-order chi connectivity index (χ1) is 6.63. The minimum absolute atomic E-state index is 0. The van der Waals surface area contributed by atoms with Crippen LogP contribution in [-0.4, -0.2) is 18.2 Å². The molecular formula is C10H15ClN2OS. The topological polar surface area (TPSA) is 55.1 Å². The molecule has 0 aliphatic carbocycles. The van der Waals surface area contributed by atoms with Crippen LogP contribution in [0.25, 0.3) is 0 Å². The molecule has 0 fully saturated rings. The molecule has 0 heterocycles. The Morgan fingerprint density at radius 2 is 2.20 bits per heavy atom. The molecule has 1 unspecified atom stereocenters. The first-order valence-electron chi connectivity index (χ1n) is 4.34. The first-order valence-corrected chi connectivity index (χ1v) is 5.56. The van der Waals surface area contributed by atoms with Gasteiger partial charge in [-0.05, 0) is 31.4 Å². The molecule has 0 saturated heterocycles. The van der Waals surface area contributed by atoms with Crippen LogP contribution < -0.4 is 11.1 Å². The van der Waals surface area contributed by atoms with Crippen molar-refractivity contribution in [2.75, 3.05) is 11.6 Å². The van der Waals surface area contributed by atoms with Gasteiger partial charge in [0, 0.05) is 10.6 Å². The maximum absolute atomic E-state index is 11.3. The van der Waals surface area contributed by atoms with E-state index in [1.54, 1.807) is 18.7 Å². The Hall–Kier alpha value is -0.710. The van der Waals surface area contributed by atoms with Crippen molar-refractivity contribution in [3.63, 3.8) is 0 Å². The minimum atomic E-state index is -0.479. The van der Waals surface area contributed by atoms with Gasteiger partial charge < -0.3 is 11.1 Å². The number of carbonyl (C=O) groups is 1. The smallest absolute Gasteiger partial charge is 0.240 e. The van der Waals surface area contributed by atoms with Gasteiger partial charge >= 0.3 is 0 Å². The maximum Gasteiger partial charge on any atom is 0.240 e. The van der Waals surface area contributed by atoms with Crippen LogP contribution in [0.2, 0.25) is 0 Å². The monoisotopic (exact) mass is 246 g/mol. The molecule has 5 heteroatoms. The van der Waals surface area contributed by atoms with Gasteiger partial charge in [0.05, 0.1) is 6.04 Å². The molecule has 1 aromatic rings. The molecule has 0 spiro atoms. The van der Waals surface area contributed by atoms with Crippen molar-refractivity contribution in [1.29, 1.82) is 0 Å². The third-order valence-corrected chi connectivity index (χ3v) is 2.48. The maximum atomic E-state index is 11.3. The molecule has 0 aliphatic rings. The summed E-state index contributed by atoms with van der Waals surface area (Å²) >= 11 is 1.64. The quantitative estimate of drug-likeness (QED) is 0.804. The van der Waals surface area contributed by atoms with E-state index in [-0.39, 0.29) is 18.3 Å². The summed E-state index contributed by atoms with van der Waals surface area (Å²) in [5.41, 5.74) is 6.23. The van der Waals surface area contributed by atoms with Crippen molar-refractivity contribution in [1.82, 2.24) is 0 Å². The molecular weight excluding hydrogens is 232 g/mol. The normalized spacial score (nSPS) is 11.4. The number of nitrogens with one attached hydrogen (secondary N) is 1. The van der Waals surface area contributed by atoms with Gasteiger partial charge in [0.25, 0.3) is 0 Å². The van der Waals surface area contributed by atoms with Crippen molar-refractivity contribution in [2.24, 2.45) is 5.73 Å². The molecule has 1 amide bonds. The SMILES string of the molecule is CSc1cccc(NC(=O)C(C)N)c1.Cl. The standard InChI is InChI=1S/C10H14N2OS.ClH/c1-7(11)10(13)12-8-4-3-5-9(6-8)14-2;/h3-7H,11H2,1-2H3,(H,12,13);1H. The van der Waals surface area contributed by atoms with Gasteiger partial charge in [-0.3, -0.25) is 4.79 Å². The van der Waals surface area contributed by atoms with Crippen LogP contribution in [-0.2, 0) is 4.79 Å². The van der Waals surface area contributed by atoms with Crippen LogP contribution in [0.15, 0.2) is 29.2 Å². The Balaban J connectivity index is 0.00000196. The number of amides is 1. The van der Waals surface area contributed by atoms with Crippen molar-refractivity contribution in [3.8, 4) is 0 Å². The van der Waals surface area contributed by atoms with E-state index in [9.17, 15) is 4.79 Å². The molecule has 3 nitrogen and oxygen atoms in total. The molecule has 0 radical (unpaired) electrons. The Kier molecular flexibility index (Phi) is 6.40. The molecule has 3 N–H and O–H groups in total.